The highest BCUT2D eigenvalue weighted by molar-refractivity contribution is 5.58. The molecule has 0 atom stereocenters. The van der Waals surface area contributed by atoms with E-state index in [0.29, 0.717) is 11.5 Å². The second kappa shape index (κ2) is 4.24. The van der Waals surface area contributed by atoms with Crippen LogP contribution in [0.1, 0.15) is 0 Å². The van der Waals surface area contributed by atoms with E-state index in [0.717, 1.165) is 12.1 Å². The predicted octanol–water partition coefficient (Wildman–Crippen LogP) is 2.99. The van der Waals surface area contributed by atoms with E-state index in [1.807, 2.05) is 0 Å². The zero-order valence-corrected chi connectivity index (χ0v) is 9.68. The van der Waals surface area contributed by atoms with Crippen molar-refractivity contribution in [1.82, 2.24) is 9.78 Å². The van der Waals surface area contributed by atoms with Crippen molar-refractivity contribution in [2.24, 2.45) is 0 Å². The molecule has 0 unspecified atom stereocenters. The van der Waals surface area contributed by atoms with Gasteiger partial charge in [0.15, 0.2) is 11.6 Å². The molecule has 0 fully saturated rings. The molecule has 19 heavy (non-hydrogen) atoms. The van der Waals surface area contributed by atoms with Crippen LogP contribution in [0.25, 0.3) is 17.1 Å². The summed E-state index contributed by atoms with van der Waals surface area (Å²) in [6.07, 6.45) is 1.50. The average Bonchev–Trinajstić information content (AvgIpc) is 2.98. The van der Waals surface area contributed by atoms with Crippen LogP contribution in [0.5, 0.6) is 0 Å². The van der Waals surface area contributed by atoms with Gasteiger partial charge < -0.3 is 10.2 Å². The van der Waals surface area contributed by atoms with Gasteiger partial charge in [0.05, 0.1) is 6.26 Å². The van der Waals surface area contributed by atoms with Crippen LogP contribution in [-0.2, 0) is 0 Å². The predicted molar refractivity (Wildman–Crippen MR) is 65.6 cm³/mol. The summed E-state index contributed by atoms with van der Waals surface area (Å²) in [6, 6.07) is 8.19. The molecule has 0 saturated carbocycles. The Balaban J connectivity index is 2.11. The molecule has 1 aromatic carbocycles. The number of anilines is 1. The van der Waals surface area contributed by atoms with Crippen molar-refractivity contribution in [2.75, 3.05) is 5.73 Å². The van der Waals surface area contributed by atoms with Crippen molar-refractivity contribution in [3.05, 3.63) is 54.3 Å². The average molecular weight is 261 g/mol. The Morgan fingerprint density at radius 1 is 1.16 bits per heavy atom. The highest BCUT2D eigenvalue weighted by Gasteiger charge is 2.13. The van der Waals surface area contributed by atoms with Gasteiger partial charge in [-0.3, -0.25) is 0 Å². The van der Waals surface area contributed by atoms with E-state index < -0.39 is 11.6 Å². The van der Waals surface area contributed by atoms with Crippen LogP contribution in [0, 0.1) is 11.6 Å². The van der Waals surface area contributed by atoms with Crippen molar-refractivity contribution >= 4 is 5.82 Å². The van der Waals surface area contributed by atoms with Crippen molar-refractivity contribution in [2.45, 2.75) is 0 Å². The van der Waals surface area contributed by atoms with E-state index >= 15 is 0 Å². The Hall–Kier alpha value is -2.63. The number of aromatic nitrogens is 2. The zero-order valence-electron chi connectivity index (χ0n) is 9.68. The summed E-state index contributed by atoms with van der Waals surface area (Å²) in [7, 11) is 0. The van der Waals surface area contributed by atoms with E-state index in [1.54, 1.807) is 18.2 Å². The molecular weight excluding hydrogens is 252 g/mol. The van der Waals surface area contributed by atoms with Crippen molar-refractivity contribution < 1.29 is 13.2 Å². The maximum absolute atomic E-state index is 13.7. The van der Waals surface area contributed by atoms with Crippen LogP contribution >= 0.6 is 0 Å². The fraction of sp³-hybridized carbons (Fsp3) is 0. The van der Waals surface area contributed by atoms with Gasteiger partial charge in [-0.1, -0.05) is 0 Å². The quantitative estimate of drug-likeness (QED) is 0.771. The maximum atomic E-state index is 13.7. The number of nitrogens with zero attached hydrogens (tertiary/aromatic N) is 2. The smallest absolute Gasteiger partial charge is 0.154 e. The molecule has 0 aliphatic heterocycles. The first-order valence-corrected chi connectivity index (χ1v) is 5.50. The Labute approximate surface area is 107 Å². The Morgan fingerprint density at radius 2 is 2.00 bits per heavy atom. The molecule has 4 nitrogen and oxygen atoms in total. The van der Waals surface area contributed by atoms with Gasteiger partial charge in [0.2, 0.25) is 0 Å². The SMILES string of the molecule is Nc1cc(-c2ccco2)nn1-c1ccc(F)cc1F. The van der Waals surface area contributed by atoms with Gasteiger partial charge in [0.1, 0.15) is 23.0 Å². The van der Waals surface area contributed by atoms with Crippen LogP contribution in [0.15, 0.2) is 47.1 Å². The minimum atomic E-state index is -0.735. The van der Waals surface area contributed by atoms with E-state index in [1.165, 1.54) is 17.0 Å². The van der Waals surface area contributed by atoms with Crippen molar-refractivity contribution in [1.29, 1.82) is 0 Å². The number of nitrogen functional groups attached to an aromatic ring is 1. The summed E-state index contributed by atoms with van der Waals surface area (Å²) in [6.45, 7) is 0. The van der Waals surface area contributed by atoms with Gasteiger partial charge in [-0.2, -0.15) is 5.10 Å². The summed E-state index contributed by atoms with van der Waals surface area (Å²) in [4.78, 5) is 0. The van der Waals surface area contributed by atoms with Crippen LogP contribution in [0.2, 0.25) is 0 Å². The van der Waals surface area contributed by atoms with E-state index in [4.69, 9.17) is 10.2 Å². The highest BCUT2D eigenvalue weighted by atomic mass is 19.1. The van der Waals surface area contributed by atoms with E-state index in [2.05, 4.69) is 5.10 Å². The van der Waals surface area contributed by atoms with Crippen molar-refractivity contribution in [3.8, 4) is 17.1 Å². The molecule has 96 valence electrons. The zero-order chi connectivity index (χ0) is 13.4. The Morgan fingerprint density at radius 3 is 2.68 bits per heavy atom. The lowest BCUT2D eigenvalue weighted by Crippen LogP contribution is -2.04. The monoisotopic (exact) mass is 261 g/mol. The van der Waals surface area contributed by atoms with Crippen LogP contribution in [-0.4, -0.2) is 9.78 Å². The van der Waals surface area contributed by atoms with Crippen LogP contribution < -0.4 is 5.73 Å². The molecular formula is C13H9F2N3O. The third-order valence-corrected chi connectivity index (χ3v) is 2.65. The second-order valence-corrected chi connectivity index (χ2v) is 3.94. The second-order valence-electron chi connectivity index (χ2n) is 3.94. The molecule has 3 aromatic rings. The number of hydrogen-bond donors (Lipinski definition) is 1. The van der Waals surface area contributed by atoms with Crippen molar-refractivity contribution in [3.63, 3.8) is 0 Å². The first-order chi connectivity index (χ1) is 9.15. The largest absolute Gasteiger partial charge is 0.463 e. The van der Waals surface area contributed by atoms with E-state index in [-0.39, 0.29) is 11.5 Å². The highest BCUT2D eigenvalue weighted by Crippen LogP contribution is 2.24. The summed E-state index contributed by atoms with van der Waals surface area (Å²) in [5, 5.41) is 4.15. The first kappa shape index (κ1) is 11.5. The molecule has 0 aliphatic carbocycles. The minimum Gasteiger partial charge on any atom is -0.463 e. The van der Waals surface area contributed by atoms with Gasteiger partial charge in [-0.05, 0) is 24.3 Å². The van der Waals surface area contributed by atoms with Crippen LogP contribution in [0.4, 0.5) is 14.6 Å². The molecule has 0 bridgehead atoms. The maximum Gasteiger partial charge on any atom is 0.154 e. The molecule has 3 rings (SSSR count). The molecule has 6 heteroatoms. The summed E-state index contributed by atoms with van der Waals surface area (Å²) < 4.78 is 33.0. The summed E-state index contributed by atoms with van der Waals surface area (Å²) in [5.74, 6) is -0.635. The van der Waals surface area contributed by atoms with Gasteiger partial charge in [0.25, 0.3) is 0 Å². The molecule has 0 amide bonds. The number of rotatable bonds is 2. The number of halogens is 2. The third-order valence-electron chi connectivity index (χ3n) is 2.65. The lowest BCUT2D eigenvalue weighted by Gasteiger charge is -2.04. The number of benzene rings is 1. The standard InChI is InChI=1S/C13H9F2N3O/c14-8-3-4-11(9(15)6-8)18-13(16)7-10(17-18)12-2-1-5-19-12/h1-7H,16H2. The number of furan rings is 1. The Bertz CT molecular complexity index is 720. The Kier molecular flexibility index (Phi) is 2.56. The van der Waals surface area contributed by atoms with Crippen LogP contribution in [0.3, 0.4) is 0 Å². The lowest BCUT2D eigenvalue weighted by molar-refractivity contribution is 0.570. The molecule has 2 heterocycles. The number of nitrogens with two attached hydrogens (primary N) is 1. The lowest BCUT2D eigenvalue weighted by atomic mass is 10.3. The fourth-order valence-corrected chi connectivity index (χ4v) is 1.79. The van der Waals surface area contributed by atoms with Gasteiger partial charge in [-0.15, -0.1) is 0 Å². The minimum absolute atomic E-state index is 0.0803. The molecule has 0 radical (unpaired) electrons. The molecule has 0 saturated heterocycles. The molecule has 0 aliphatic rings. The van der Waals surface area contributed by atoms with Gasteiger partial charge >= 0.3 is 0 Å². The first-order valence-electron chi connectivity index (χ1n) is 5.50. The van der Waals surface area contributed by atoms with Gasteiger partial charge in [0, 0.05) is 12.1 Å². The molecule has 2 N–H and O–H groups in total. The topological polar surface area (TPSA) is 57.0 Å². The summed E-state index contributed by atoms with van der Waals surface area (Å²) >= 11 is 0. The summed E-state index contributed by atoms with van der Waals surface area (Å²) in [5.41, 5.74) is 6.34. The number of hydrogen-bond acceptors (Lipinski definition) is 3. The molecule has 0 spiro atoms. The normalized spacial score (nSPS) is 10.8. The van der Waals surface area contributed by atoms with Gasteiger partial charge in [-0.25, -0.2) is 13.5 Å². The molecule has 2 aromatic heterocycles. The fourth-order valence-electron chi connectivity index (χ4n) is 1.79. The van der Waals surface area contributed by atoms with E-state index in [9.17, 15) is 8.78 Å². The third kappa shape index (κ3) is 1.97.